The van der Waals surface area contributed by atoms with Gasteiger partial charge in [0.2, 0.25) is 0 Å². The minimum Gasteiger partial charge on any atom is -0.493 e. The molecule has 2 fully saturated rings. The lowest BCUT2D eigenvalue weighted by Crippen LogP contribution is -2.51. The van der Waals surface area contributed by atoms with Gasteiger partial charge in [0, 0.05) is 25.9 Å². The van der Waals surface area contributed by atoms with Crippen LogP contribution in [0.15, 0.2) is 36.4 Å². The Bertz CT molecular complexity index is 788. The number of amides is 1. The zero-order chi connectivity index (χ0) is 18.0. The Kier molecular flexibility index (Phi) is 4.83. The fourth-order valence-electron chi connectivity index (χ4n) is 3.86. The molecule has 0 bridgehead atoms. The first-order chi connectivity index (χ1) is 12.7. The topological polar surface area (TPSA) is 48.0 Å². The van der Waals surface area contributed by atoms with E-state index in [1.165, 1.54) is 0 Å². The Hall–Kier alpha value is -2.11. The fourth-order valence-corrected chi connectivity index (χ4v) is 3.86. The van der Waals surface area contributed by atoms with E-state index in [-0.39, 0.29) is 5.91 Å². The van der Waals surface area contributed by atoms with Crippen molar-refractivity contribution in [1.29, 1.82) is 0 Å². The summed E-state index contributed by atoms with van der Waals surface area (Å²) >= 11 is 0. The molecular weight excluding hydrogens is 330 g/mol. The standard InChI is InChI=1S/C21H25NO4/c1-2-24-18-9-8-16-6-3-4-7-17(16)19(18)20(23)22-12-10-21(11-13-22)25-14-5-15-26-21/h3-4,6-9H,2,5,10-15H2,1H3. The molecule has 0 N–H and O–H groups in total. The molecule has 0 aromatic heterocycles. The van der Waals surface area contributed by atoms with Gasteiger partial charge in [-0.2, -0.15) is 0 Å². The summed E-state index contributed by atoms with van der Waals surface area (Å²) in [4.78, 5) is 15.2. The summed E-state index contributed by atoms with van der Waals surface area (Å²) in [7, 11) is 0. The molecule has 1 spiro atoms. The minimum atomic E-state index is -0.490. The molecule has 0 aliphatic carbocycles. The van der Waals surface area contributed by atoms with Gasteiger partial charge in [0.25, 0.3) is 5.91 Å². The maximum absolute atomic E-state index is 13.3. The van der Waals surface area contributed by atoms with Gasteiger partial charge in [-0.25, -0.2) is 0 Å². The van der Waals surface area contributed by atoms with Gasteiger partial charge in [0.1, 0.15) is 5.75 Å². The molecule has 4 rings (SSSR count). The lowest BCUT2D eigenvalue weighted by atomic mass is 9.98. The predicted octanol–water partition coefficient (Wildman–Crippen LogP) is 3.61. The summed E-state index contributed by atoms with van der Waals surface area (Å²) in [6, 6.07) is 11.9. The van der Waals surface area contributed by atoms with Crippen molar-refractivity contribution in [3.05, 3.63) is 42.0 Å². The van der Waals surface area contributed by atoms with Crippen LogP contribution < -0.4 is 4.74 Å². The number of nitrogens with zero attached hydrogens (tertiary/aromatic N) is 1. The van der Waals surface area contributed by atoms with Crippen molar-refractivity contribution in [3.63, 3.8) is 0 Å². The molecule has 2 saturated heterocycles. The average molecular weight is 355 g/mol. The van der Waals surface area contributed by atoms with Crippen LogP contribution in [0.1, 0.15) is 36.5 Å². The first-order valence-electron chi connectivity index (χ1n) is 9.44. The van der Waals surface area contributed by atoms with E-state index in [1.807, 2.05) is 48.2 Å². The zero-order valence-corrected chi connectivity index (χ0v) is 15.2. The monoisotopic (exact) mass is 355 g/mol. The Labute approximate surface area is 153 Å². The smallest absolute Gasteiger partial charge is 0.258 e. The average Bonchev–Trinajstić information content (AvgIpc) is 2.69. The van der Waals surface area contributed by atoms with Gasteiger partial charge in [-0.05, 0) is 30.2 Å². The van der Waals surface area contributed by atoms with Gasteiger partial charge in [0.15, 0.2) is 5.79 Å². The van der Waals surface area contributed by atoms with Crippen molar-refractivity contribution in [3.8, 4) is 5.75 Å². The second kappa shape index (κ2) is 7.25. The zero-order valence-electron chi connectivity index (χ0n) is 15.2. The highest BCUT2D eigenvalue weighted by Crippen LogP contribution is 2.34. The number of rotatable bonds is 3. The van der Waals surface area contributed by atoms with Crippen LogP contribution in [0.4, 0.5) is 0 Å². The molecule has 2 aliphatic heterocycles. The van der Waals surface area contributed by atoms with Crippen LogP contribution in [0.5, 0.6) is 5.75 Å². The van der Waals surface area contributed by atoms with Crippen molar-refractivity contribution in [2.45, 2.75) is 32.0 Å². The van der Waals surface area contributed by atoms with E-state index in [9.17, 15) is 4.79 Å². The second-order valence-corrected chi connectivity index (χ2v) is 6.85. The summed E-state index contributed by atoms with van der Waals surface area (Å²) in [5.74, 6) is 0.189. The van der Waals surface area contributed by atoms with Crippen molar-refractivity contribution in [1.82, 2.24) is 4.90 Å². The highest BCUT2D eigenvalue weighted by molar-refractivity contribution is 6.09. The fraction of sp³-hybridized carbons (Fsp3) is 0.476. The summed E-state index contributed by atoms with van der Waals surface area (Å²) < 4.78 is 17.5. The third-order valence-corrected chi connectivity index (χ3v) is 5.24. The van der Waals surface area contributed by atoms with Crippen molar-refractivity contribution < 1.29 is 19.0 Å². The molecule has 2 aromatic rings. The molecule has 2 heterocycles. The first-order valence-corrected chi connectivity index (χ1v) is 9.44. The summed E-state index contributed by atoms with van der Waals surface area (Å²) in [6.45, 7) is 5.22. The van der Waals surface area contributed by atoms with E-state index in [4.69, 9.17) is 14.2 Å². The van der Waals surface area contributed by atoms with Gasteiger partial charge >= 0.3 is 0 Å². The molecule has 1 amide bonds. The molecule has 0 radical (unpaired) electrons. The third kappa shape index (κ3) is 3.17. The highest BCUT2D eigenvalue weighted by Gasteiger charge is 2.40. The van der Waals surface area contributed by atoms with Crippen molar-refractivity contribution >= 4 is 16.7 Å². The third-order valence-electron chi connectivity index (χ3n) is 5.24. The number of hydrogen-bond acceptors (Lipinski definition) is 4. The van der Waals surface area contributed by atoms with Gasteiger partial charge < -0.3 is 19.1 Å². The van der Waals surface area contributed by atoms with Crippen LogP contribution in [0.3, 0.4) is 0 Å². The van der Waals surface area contributed by atoms with Crippen molar-refractivity contribution in [2.75, 3.05) is 32.9 Å². The Morgan fingerprint density at radius 1 is 1.12 bits per heavy atom. The number of ether oxygens (including phenoxy) is 3. The number of carbonyl (C=O) groups excluding carboxylic acids is 1. The second-order valence-electron chi connectivity index (χ2n) is 6.85. The van der Waals surface area contributed by atoms with Crippen LogP contribution in [-0.2, 0) is 9.47 Å². The van der Waals surface area contributed by atoms with E-state index in [0.717, 1.165) is 30.4 Å². The van der Waals surface area contributed by atoms with Gasteiger partial charge in [-0.1, -0.05) is 30.3 Å². The maximum atomic E-state index is 13.3. The molecule has 0 atom stereocenters. The highest BCUT2D eigenvalue weighted by atomic mass is 16.7. The molecule has 2 aliphatic rings. The Morgan fingerprint density at radius 2 is 1.85 bits per heavy atom. The number of likely N-dealkylation sites (tertiary alicyclic amines) is 1. The number of carbonyl (C=O) groups is 1. The minimum absolute atomic E-state index is 0.0240. The summed E-state index contributed by atoms with van der Waals surface area (Å²) in [5.41, 5.74) is 0.659. The SMILES string of the molecule is CCOc1ccc2ccccc2c1C(=O)N1CCC2(CC1)OCCCO2. The summed E-state index contributed by atoms with van der Waals surface area (Å²) in [5, 5.41) is 1.99. The predicted molar refractivity (Wildman–Crippen MR) is 99.5 cm³/mol. The first kappa shape index (κ1) is 17.3. The Morgan fingerprint density at radius 3 is 2.58 bits per heavy atom. The molecule has 2 aromatic carbocycles. The van der Waals surface area contributed by atoms with E-state index in [1.54, 1.807) is 0 Å². The van der Waals surface area contributed by atoms with Crippen LogP contribution >= 0.6 is 0 Å². The maximum Gasteiger partial charge on any atom is 0.258 e. The van der Waals surface area contributed by atoms with E-state index in [0.29, 0.717) is 43.9 Å². The lowest BCUT2D eigenvalue weighted by Gasteiger charge is -2.43. The molecule has 138 valence electrons. The molecule has 26 heavy (non-hydrogen) atoms. The molecule has 0 unspecified atom stereocenters. The molecule has 5 nitrogen and oxygen atoms in total. The molecule has 5 heteroatoms. The lowest BCUT2D eigenvalue weighted by molar-refractivity contribution is -0.281. The number of piperidine rings is 1. The van der Waals surface area contributed by atoms with Crippen LogP contribution in [0.2, 0.25) is 0 Å². The largest absolute Gasteiger partial charge is 0.493 e. The molecule has 0 saturated carbocycles. The van der Waals surface area contributed by atoms with Crippen LogP contribution in [0.25, 0.3) is 10.8 Å². The number of benzene rings is 2. The van der Waals surface area contributed by atoms with E-state index < -0.39 is 5.79 Å². The molecular formula is C21H25NO4. The number of hydrogen-bond donors (Lipinski definition) is 0. The Balaban J connectivity index is 1.61. The van der Waals surface area contributed by atoms with Crippen LogP contribution in [0, 0.1) is 0 Å². The van der Waals surface area contributed by atoms with Gasteiger partial charge in [-0.3, -0.25) is 4.79 Å². The van der Waals surface area contributed by atoms with E-state index in [2.05, 4.69) is 0 Å². The normalized spacial score (nSPS) is 19.7. The van der Waals surface area contributed by atoms with Gasteiger partial charge in [0.05, 0.1) is 25.4 Å². The quantitative estimate of drug-likeness (QED) is 0.844. The summed E-state index contributed by atoms with van der Waals surface area (Å²) in [6.07, 6.45) is 2.37. The van der Waals surface area contributed by atoms with Crippen molar-refractivity contribution in [2.24, 2.45) is 0 Å². The van der Waals surface area contributed by atoms with Gasteiger partial charge in [-0.15, -0.1) is 0 Å². The van der Waals surface area contributed by atoms with Crippen LogP contribution in [-0.4, -0.2) is 49.5 Å². The number of fused-ring (bicyclic) bond motifs is 1. The van der Waals surface area contributed by atoms with E-state index >= 15 is 0 Å².